The van der Waals surface area contributed by atoms with Crippen molar-refractivity contribution in [2.75, 3.05) is 19.6 Å². The van der Waals surface area contributed by atoms with Gasteiger partial charge in [0.2, 0.25) is 6.41 Å². The van der Waals surface area contributed by atoms with Gasteiger partial charge < -0.3 is 10.2 Å². The number of rotatable bonds is 3. The van der Waals surface area contributed by atoms with Crippen LogP contribution in [-0.2, 0) is 4.79 Å². The largest absolute Gasteiger partial charge is 0.355 e. The van der Waals surface area contributed by atoms with Gasteiger partial charge in [0.1, 0.15) is 0 Å². The van der Waals surface area contributed by atoms with Crippen LogP contribution in [0.25, 0.3) is 0 Å². The van der Waals surface area contributed by atoms with Crippen molar-refractivity contribution in [1.29, 1.82) is 0 Å². The predicted octanol–water partition coefficient (Wildman–Crippen LogP) is 0.217. The zero-order valence-corrected chi connectivity index (χ0v) is 7.05. The minimum atomic E-state index is 0.390. The highest BCUT2D eigenvalue weighted by Crippen LogP contribution is 2.08. The first-order chi connectivity index (χ1) is 5.36. The molecule has 0 aromatic carbocycles. The van der Waals surface area contributed by atoms with Gasteiger partial charge in [0, 0.05) is 12.6 Å². The molecule has 0 aromatic rings. The highest BCUT2D eigenvalue weighted by atomic mass is 16.1. The van der Waals surface area contributed by atoms with E-state index in [9.17, 15) is 4.79 Å². The fourth-order valence-electron chi connectivity index (χ4n) is 1.58. The van der Waals surface area contributed by atoms with Crippen LogP contribution in [0.15, 0.2) is 0 Å². The molecular formula is C8H16N2O. The topological polar surface area (TPSA) is 32.3 Å². The lowest BCUT2D eigenvalue weighted by Crippen LogP contribution is -2.44. The first-order valence-corrected chi connectivity index (χ1v) is 4.29. The second-order valence-corrected chi connectivity index (χ2v) is 3.02. The van der Waals surface area contributed by atoms with Crippen molar-refractivity contribution in [3.05, 3.63) is 0 Å². The van der Waals surface area contributed by atoms with Crippen LogP contribution in [0.5, 0.6) is 0 Å². The van der Waals surface area contributed by atoms with Crippen molar-refractivity contribution in [3.8, 4) is 0 Å². The molecule has 0 bridgehead atoms. The third-order valence-corrected chi connectivity index (χ3v) is 2.26. The van der Waals surface area contributed by atoms with Gasteiger partial charge in [0.15, 0.2) is 0 Å². The van der Waals surface area contributed by atoms with Crippen LogP contribution >= 0.6 is 0 Å². The molecule has 1 aliphatic rings. The normalized spacial score (nSPS) is 26.5. The number of nitrogens with one attached hydrogen (secondary N) is 1. The number of likely N-dealkylation sites (tertiary alicyclic amines) is 1. The molecule has 0 aromatic heterocycles. The Bertz CT molecular complexity index is 127. The molecule has 0 aliphatic carbocycles. The summed E-state index contributed by atoms with van der Waals surface area (Å²) in [5.41, 5.74) is 0. The summed E-state index contributed by atoms with van der Waals surface area (Å²) in [6.45, 7) is 5.46. The third kappa shape index (κ3) is 2.50. The Morgan fingerprint density at radius 2 is 2.55 bits per heavy atom. The van der Waals surface area contributed by atoms with E-state index < -0.39 is 0 Å². The maximum absolute atomic E-state index is 10.1. The minimum absolute atomic E-state index is 0.390. The molecular weight excluding hydrogens is 140 g/mol. The Morgan fingerprint density at radius 3 is 3.18 bits per heavy atom. The Kier molecular flexibility index (Phi) is 3.36. The average Bonchev–Trinajstić information content (AvgIpc) is 2.06. The Labute approximate surface area is 67.8 Å². The number of likely N-dealkylation sites (N-methyl/N-ethyl adjacent to an activating group) is 1. The molecule has 1 saturated heterocycles. The number of amides is 1. The van der Waals surface area contributed by atoms with Gasteiger partial charge in [-0.15, -0.1) is 0 Å². The van der Waals surface area contributed by atoms with Crippen LogP contribution in [0.4, 0.5) is 0 Å². The summed E-state index contributed by atoms with van der Waals surface area (Å²) in [5.74, 6) is 0. The van der Waals surface area contributed by atoms with Gasteiger partial charge in [-0.2, -0.15) is 0 Å². The van der Waals surface area contributed by atoms with E-state index in [-0.39, 0.29) is 0 Å². The first kappa shape index (κ1) is 8.53. The molecule has 0 unspecified atom stereocenters. The molecule has 0 radical (unpaired) electrons. The van der Waals surface area contributed by atoms with Gasteiger partial charge in [-0.1, -0.05) is 6.92 Å². The van der Waals surface area contributed by atoms with Crippen LogP contribution in [0, 0.1) is 0 Å². The number of carbonyl (C=O) groups is 1. The van der Waals surface area contributed by atoms with E-state index in [1.54, 1.807) is 0 Å². The third-order valence-electron chi connectivity index (χ3n) is 2.26. The van der Waals surface area contributed by atoms with E-state index in [0.29, 0.717) is 6.04 Å². The molecule has 1 amide bonds. The molecule has 0 saturated carbocycles. The molecule has 3 nitrogen and oxygen atoms in total. The van der Waals surface area contributed by atoms with E-state index in [4.69, 9.17) is 0 Å². The lowest BCUT2D eigenvalue weighted by Gasteiger charge is -2.31. The van der Waals surface area contributed by atoms with Gasteiger partial charge in [-0.25, -0.2) is 0 Å². The standard InChI is InChI=1S/C8H16N2O/c1-2-10-5-3-4-8(6-10)9-7-11/h7-8H,2-6H2,1H3,(H,9,11)/t8-/m1/s1. The van der Waals surface area contributed by atoms with Crippen LogP contribution in [0.1, 0.15) is 19.8 Å². The monoisotopic (exact) mass is 156 g/mol. The van der Waals surface area contributed by atoms with Crippen molar-refractivity contribution in [1.82, 2.24) is 10.2 Å². The fourth-order valence-corrected chi connectivity index (χ4v) is 1.58. The number of piperidine rings is 1. The molecule has 1 N–H and O–H groups in total. The molecule has 64 valence electrons. The molecule has 3 heteroatoms. The fraction of sp³-hybridized carbons (Fsp3) is 0.875. The Balaban J connectivity index is 2.27. The summed E-state index contributed by atoms with van der Waals surface area (Å²) in [4.78, 5) is 12.5. The average molecular weight is 156 g/mol. The lowest BCUT2D eigenvalue weighted by molar-refractivity contribution is -0.110. The van der Waals surface area contributed by atoms with E-state index >= 15 is 0 Å². The van der Waals surface area contributed by atoms with Crippen molar-refractivity contribution in [2.24, 2.45) is 0 Å². The lowest BCUT2D eigenvalue weighted by atomic mass is 10.1. The van der Waals surface area contributed by atoms with E-state index in [2.05, 4.69) is 17.1 Å². The molecule has 0 spiro atoms. The van der Waals surface area contributed by atoms with Crippen molar-refractivity contribution < 1.29 is 4.79 Å². The Hall–Kier alpha value is -0.570. The second-order valence-electron chi connectivity index (χ2n) is 3.02. The summed E-state index contributed by atoms with van der Waals surface area (Å²) >= 11 is 0. The van der Waals surface area contributed by atoms with Crippen LogP contribution in [-0.4, -0.2) is 37.0 Å². The van der Waals surface area contributed by atoms with Gasteiger partial charge in [-0.05, 0) is 25.9 Å². The summed E-state index contributed by atoms with van der Waals surface area (Å²) in [6, 6.07) is 0.390. The molecule has 1 atom stereocenters. The zero-order chi connectivity index (χ0) is 8.10. The number of hydrogen-bond acceptors (Lipinski definition) is 2. The van der Waals surface area contributed by atoms with Crippen LogP contribution < -0.4 is 5.32 Å². The summed E-state index contributed by atoms with van der Waals surface area (Å²) in [5, 5.41) is 2.83. The zero-order valence-electron chi connectivity index (χ0n) is 7.05. The molecule has 1 fully saturated rings. The molecule has 1 rings (SSSR count). The second kappa shape index (κ2) is 4.34. The number of nitrogens with zero attached hydrogens (tertiary/aromatic N) is 1. The van der Waals surface area contributed by atoms with Gasteiger partial charge in [0.25, 0.3) is 0 Å². The summed E-state index contributed by atoms with van der Waals surface area (Å²) in [7, 11) is 0. The van der Waals surface area contributed by atoms with E-state index in [1.807, 2.05) is 0 Å². The summed E-state index contributed by atoms with van der Waals surface area (Å²) in [6.07, 6.45) is 3.15. The number of carbonyl (C=O) groups excluding carboxylic acids is 1. The van der Waals surface area contributed by atoms with Crippen molar-refractivity contribution >= 4 is 6.41 Å². The van der Waals surface area contributed by atoms with E-state index in [0.717, 1.165) is 25.9 Å². The maximum Gasteiger partial charge on any atom is 0.207 e. The quantitative estimate of drug-likeness (QED) is 0.593. The van der Waals surface area contributed by atoms with Crippen LogP contribution in [0.3, 0.4) is 0 Å². The summed E-state index contributed by atoms with van der Waals surface area (Å²) < 4.78 is 0. The SMILES string of the molecule is CCN1CCC[C@@H](NC=O)C1. The van der Waals surface area contributed by atoms with Crippen molar-refractivity contribution in [2.45, 2.75) is 25.8 Å². The smallest absolute Gasteiger partial charge is 0.207 e. The number of hydrogen-bond donors (Lipinski definition) is 1. The van der Waals surface area contributed by atoms with Gasteiger partial charge in [0.05, 0.1) is 0 Å². The molecule has 1 heterocycles. The Morgan fingerprint density at radius 1 is 1.73 bits per heavy atom. The van der Waals surface area contributed by atoms with E-state index in [1.165, 1.54) is 13.0 Å². The predicted molar refractivity (Wildman–Crippen MR) is 44.3 cm³/mol. The van der Waals surface area contributed by atoms with Crippen molar-refractivity contribution in [3.63, 3.8) is 0 Å². The molecule has 1 aliphatic heterocycles. The van der Waals surface area contributed by atoms with Crippen LogP contribution in [0.2, 0.25) is 0 Å². The first-order valence-electron chi connectivity index (χ1n) is 4.29. The highest BCUT2D eigenvalue weighted by molar-refractivity contribution is 5.46. The maximum atomic E-state index is 10.1. The molecule has 11 heavy (non-hydrogen) atoms. The highest BCUT2D eigenvalue weighted by Gasteiger charge is 2.16. The van der Waals surface area contributed by atoms with Gasteiger partial charge in [-0.3, -0.25) is 4.79 Å². The minimum Gasteiger partial charge on any atom is -0.355 e. The van der Waals surface area contributed by atoms with Gasteiger partial charge >= 0.3 is 0 Å².